The number of amides is 2. The number of furan rings is 1. The highest BCUT2D eigenvalue weighted by Crippen LogP contribution is 2.30. The van der Waals surface area contributed by atoms with Gasteiger partial charge >= 0.3 is 0 Å². The molecule has 1 fully saturated rings. The molecule has 1 aromatic heterocycles. The van der Waals surface area contributed by atoms with E-state index in [1.54, 1.807) is 0 Å². The first-order valence-electron chi connectivity index (χ1n) is 9.80. The number of aliphatic hydroxyl groups excluding tert-OH is 1. The highest BCUT2D eigenvalue weighted by atomic mass is 16.4. The maximum atomic E-state index is 13.0. The van der Waals surface area contributed by atoms with Crippen molar-refractivity contribution in [1.29, 1.82) is 0 Å². The van der Waals surface area contributed by atoms with E-state index in [4.69, 9.17) is 4.42 Å². The van der Waals surface area contributed by atoms with Gasteiger partial charge in [0.15, 0.2) is 5.76 Å². The Balaban J connectivity index is 1.87. The lowest BCUT2D eigenvalue weighted by molar-refractivity contribution is 0.0864. The molecule has 1 saturated carbocycles. The van der Waals surface area contributed by atoms with Gasteiger partial charge in [-0.05, 0) is 38.2 Å². The number of rotatable bonds is 5. The van der Waals surface area contributed by atoms with Gasteiger partial charge in [0.2, 0.25) is 0 Å². The molecule has 0 saturated heterocycles. The van der Waals surface area contributed by atoms with E-state index in [0.29, 0.717) is 24.2 Å². The maximum absolute atomic E-state index is 13.0. The van der Waals surface area contributed by atoms with E-state index in [9.17, 15) is 14.7 Å². The topological polar surface area (TPSA) is 91.6 Å². The molecule has 0 spiro atoms. The quantitative estimate of drug-likeness (QED) is 0.739. The van der Waals surface area contributed by atoms with Crippen molar-refractivity contribution in [2.45, 2.75) is 57.6 Å². The molecule has 1 aromatic carbocycles. The molecule has 0 aliphatic heterocycles. The van der Waals surface area contributed by atoms with Crippen LogP contribution < -0.4 is 10.6 Å². The van der Waals surface area contributed by atoms with Gasteiger partial charge in [-0.15, -0.1) is 0 Å². The molecule has 1 atom stereocenters. The summed E-state index contributed by atoms with van der Waals surface area (Å²) in [6.45, 7) is 3.98. The molecule has 1 aliphatic carbocycles. The monoisotopic (exact) mass is 384 g/mol. The van der Waals surface area contributed by atoms with Crippen LogP contribution in [0.4, 0.5) is 0 Å². The summed E-state index contributed by atoms with van der Waals surface area (Å²) in [7, 11) is 1.53. The van der Waals surface area contributed by atoms with E-state index < -0.39 is 0 Å². The Hall–Kier alpha value is -2.60. The molecule has 1 heterocycles. The number of carbonyl (C=O) groups is 2. The van der Waals surface area contributed by atoms with Gasteiger partial charge in [0, 0.05) is 25.1 Å². The van der Waals surface area contributed by atoms with Gasteiger partial charge in [-0.25, -0.2) is 0 Å². The zero-order chi connectivity index (χ0) is 20.3. The van der Waals surface area contributed by atoms with Gasteiger partial charge in [-0.1, -0.05) is 36.8 Å². The van der Waals surface area contributed by atoms with Crippen LogP contribution >= 0.6 is 0 Å². The lowest BCUT2D eigenvalue weighted by Gasteiger charge is -2.26. The minimum Gasteiger partial charge on any atom is -0.454 e. The number of nitrogens with one attached hydrogen (secondary N) is 2. The normalized spacial score (nSPS) is 20.4. The third kappa shape index (κ3) is 4.44. The van der Waals surface area contributed by atoms with E-state index in [1.807, 2.05) is 38.1 Å². The summed E-state index contributed by atoms with van der Waals surface area (Å²) in [5.74, 6) is -0.171. The largest absolute Gasteiger partial charge is 0.454 e. The number of benzene rings is 1. The van der Waals surface area contributed by atoms with E-state index in [1.165, 1.54) is 13.1 Å². The SMILES string of the molecule is CNC(=O)c1cc(C(=O)N[C@H]2CC[C@H](O)CC2)c(C(C)c2ccc(C)cc2)o1. The molecule has 28 heavy (non-hydrogen) atoms. The van der Waals surface area contributed by atoms with Crippen LogP contribution in [0.15, 0.2) is 34.7 Å². The fourth-order valence-electron chi connectivity index (χ4n) is 3.63. The number of aliphatic hydroxyl groups is 1. The van der Waals surface area contributed by atoms with Crippen molar-refractivity contribution in [2.75, 3.05) is 7.05 Å². The number of aryl methyl sites for hydroxylation is 1. The minimum absolute atomic E-state index is 0.0248. The van der Waals surface area contributed by atoms with Crippen LogP contribution in [0, 0.1) is 6.92 Å². The van der Waals surface area contributed by atoms with Gasteiger partial charge in [0.05, 0.1) is 11.7 Å². The van der Waals surface area contributed by atoms with Gasteiger partial charge < -0.3 is 20.2 Å². The summed E-state index contributed by atoms with van der Waals surface area (Å²) in [5, 5.41) is 15.2. The molecule has 0 bridgehead atoms. The Morgan fingerprint density at radius 1 is 1.11 bits per heavy atom. The molecule has 0 radical (unpaired) electrons. The van der Waals surface area contributed by atoms with Crippen LogP contribution in [0.25, 0.3) is 0 Å². The lowest BCUT2D eigenvalue weighted by atomic mass is 9.92. The second-order valence-electron chi connectivity index (χ2n) is 7.58. The lowest BCUT2D eigenvalue weighted by Crippen LogP contribution is -2.38. The van der Waals surface area contributed by atoms with Gasteiger partial charge in [-0.2, -0.15) is 0 Å². The van der Waals surface area contributed by atoms with Crippen LogP contribution in [0.2, 0.25) is 0 Å². The van der Waals surface area contributed by atoms with Crippen LogP contribution in [-0.2, 0) is 0 Å². The van der Waals surface area contributed by atoms with Crippen molar-refractivity contribution in [1.82, 2.24) is 10.6 Å². The first-order chi connectivity index (χ1) is 13.4. The Morgan fingerprint density at radius 3 is 2.36 bits per heavy atom. The Morgan fingerprint density at radius 2 is 1.75 bits per heavy atom. The predicted molar refractivity (Wildman–Crippen MR) is 107 cm³/mol. The third-order valence-corrected chi connectivity index (χ3v) is 5.46. The molecular weight excluding hydrogens is 356 g/mol. The average Bonchev–Trinajstić information content (AvgIpc) is 3.15. The number of hydrogen-bond acceptors (Lipinski definition) is 4. The summed E-state index contributed by atoms with van der Waals surface area (Å²) in [6.07, 6.45) is 2.59. The van der Waals surface area contributed by atoms with Crippen LogP contribution in [0.3, 0.4) is 0 Å². The van der Waals surface area contributed by atoms with Gasteiger partial charge in [0.1, 0.15) is 5.76 Å². The summed E-state index contributed by atoms with van der Waals surface area (Å²) >= 11 is 0. The first kappa shape index (κ1) is 20.1. The first-order valence-corrected chi connectivity index (χ1v) is 9.80. The summed E-state index contributed by atoms with van der Waals surface area (Å²) in [5.41, 5.74) is 2.55. The summed E-state index contributed by atoms with van der Waals surface area (Å²) < 4.78 is 5.83. The van der Waals surface area contributed by atoms with Gasteiger partial charge in [-0.3, -0.25) is 9.59 Å². The smallest absolute Gasteiger partial charge is 0.286 e. The van der Waals surface area contributed by atoms with Crippen LogP contribution in [-0.4, -0.2) is 36.1 Å². The molecule has 150 valence electrons. The van der Waals surface area contributed by atoms with E-state index in [0.717, 1.165) is 24.0 Å². The summed E-state index contributed by atoms with van der Waals surface area (Å²) in [6, 6.07) is 9.59. The molecule has 2 amide bonds. The minimum atomic E-state index is -0.364. The Bertz CT molecular complexity index is 833. The molecule has 6 nitrogen and oxygen atoms in total. The molecule has 3 N–H and O–H groups in total. The van der Waals surface area contributed by atoms with Crippen molar-refractivity contribution in [3.63, 3.8) is 0 Å². The van der Waals surface area contributed by atoms with E-state index >= 15 is 0 Å². The van der Waals surface area contributed by atoms with E-state index in [2.05, 4.69) is 10.6 Å². The molecule has 2 aromatic rings. The van der Waals surface area contributed by atoms with Crippen molar-refractivity contribution in [3.05, 3.63) is 58.5 Å². The molecule has 1 aliphatic rings. The van der Waals surface area contributed by atoms with Crippen LogP contribution in [0.1, 0.15) is 76.3 Å². The Labute approximate surface area is 165 Å². The van der Waals surface area contributed by atoms with Crippen LogP contribution in [0.5, 0.6) is 0 Å². The highest BCUT2D eigenvalue weighted by Gasteiger charge is 2.28. The van der Waals surface area contributed by atoms with Crippen molar-refractivity contribution >= 4 is 11.8 Å². The zero-order valence-electron chi connectivity index (χ0n) is 16.6. The molecule has 3 rings (SSSR count). The molecule has 1 unspecified atom stereocenters. The highest BCUT2D eigenvalue weighted by molar-refractivity contribution is 5.99. The number of carbonyl (C=O) groups excluding carboxylic acids is 2. The summed E-state index contributed by atoms with van der Waals surface area (Å²) in [4.78, 5) is 25.0. The number of hydrogen-bond donors (Lipinski definition) is 3. The van der Waals surface area contributed by atoms with Crippen molar-refractivity contribution in [2.24, 2.45) is 0 Å². The zero-order valence-corrected chi connectivity index (χ0v) is 16.6. The average molecular weight is 384 g/mol. The predicted octanol–water partition coefficient (Wildman–Crippen LogP) is 3.13. The fraction of sp³-hybridized carbons (Fsp3) is 0.455. The third-order valence-electron chi connectivity index (χ3n) is 5.46. The fourth-order valence-corrected chi connectivity index (χ4v) is 3.63. The molecule has 6 heteroatoms. The van der Waals surface area contributed by atoms with E-state index in [-0.39, 0.29) is 35.6 Å². The van der Waals surface area contributed by atoms with Gasteiger partial charge in [0.25, 0.3) is 11.8 Å². The van der Waals surface area contributed by atoms with Crippen molar-refractivity contribution < 1.29 is 19.1 Å². The standard InChI is InChI=1S/C22H28N2O4/c1-13-4-6-15(7-5-13)14(2)20-18(12-19(28-20)22(27)23-3)21(26)24-16-8-10-17(25)11-9-16/h4-7,12,14,16-17,25H,8-11H2,1-3H3,(H,23,27)(H,24,26)/t14?,16-,17-. The maximum Gasteiger partial charge on any atom is 0.286 e. The van der Waals surface area contributed by atoms with Crippen molar-refractivity contribution in [3.8, 4) is 0 Å². The molecular formula is C22H28N2O4. The second-order valence-corrected chi connectivity index (χ2v) is 7.58. The second kappa shape index (κ2) is 8.61. The Kier molecular flexibility index (Phi) is 6.19.